The van der Waals surface area contributed by atoms with Crippen molar-refractivity contribution in [2.45, 2.75) is 60.2 Å². The first kappa shape index (κ1) is 25.3. The maximum Gasteiger partial charge on any atom is 0.283 e. The van der Waals surface area contributed by atoms with Crippen molar-refractivity contribution in [3.8, 4) is 5.75 Å². The Morgan fingerprint density at radius 3 is 2.67 bits per heavy atom. The van der Waals surface area contributed by atoms with Crippen LogP contribution in [0.25, 0.3) is 0 Å². The van der Waals surface area contributed by atoms with Gasteiger partial charge in [-0.2, -0.15) is 5.10 Å². The second-order valence-corrected chi connectivity index (χ2v) is 10.6. The van der Waals surface area contributed by atoms with Crippen LogP contribution in [0.4, 0.5) is 5.69 Å². The van der Waals surface area contributed by atoms with Crippen molar-refractivity contribution in [3.63, 3.8) is 0 Å². The van der Waals surface area contributed by atoms with E-state index in [-0.39, 0.29) is 29.5 Å². The van der Waals surface area contributed by atoms with Gasteiger partial charge in [0, 0.05) is 18.2 Å². The number of anilines is 1. The number of benzene rings is 1. The van der Waals surface area contributed by atoms with E-state index < -0.39 is 0 Å². The van der Waals surface area contributed by atoms with E-state index in [1.54, 1.807) is 13.3 Å². The fraction of sp³-hybridized carbons (Fsp3) is 0.560. The molecule has 0 spiro atoms. The molecule has 0 aliphatic heterocycles. The Morgan fingerprint density at radius 1 is 1.27 bits per heavy atom. The van der Waals surface area contributed by atoms with Gasteiger partial charge < -0.3 is 15.4 Å². The summed E-state index contributed by atoms with van der Waals surface area (Å²) in [5, 5.41) is 10.6. The zero-order valence-corrected chi connectivity index (χ0v) is 21.9. The van der Waals surface area contributed by atoms with Gasteiger partial charge in [0.05, 0.1) is 19.0 Å². The minimum Gasteiger partial charge on any atom is -0.496 e. The first-order valence-corrected chi connectivity index (χ1v) is 12.3. The number of ether oxygens (including phenoxy) is 1. The summed E-state index contributed by atoms with van der Waals surface area (Å²) in [4.78, 5) is 25.3. The first-order chi connectivity index (χ1) is 15.6. The van der Waals surface area contributed by atoms with Gasteiger partial charge in [0.2, 0.25) is 5.91 Å². The topological polar surface area (TPSA) is 85.2 Å². The van der Waals surface area contributed by atoms with Gasteiger partial charge in [-0.15, -0.1) is 0 Å². The molecule has 180 valence electrons. The zero-order valence-electron chi connectivity index (χ0n) is 20.3. The second kappa shape index (κ2) is 10.3. The molecular formula is C25H35BrN4O3. The molecule has 7 nitrogen and oxygen atoms in total. The van der Waals surface area contributed by atoms with Crippen molar-refractivity contribution >= 4 is 27.5 Å². The molecule has 2 N–H and O–H groups in total. The number of methoxy groups -OCH3 is 1. The maximum atomic E-state index is 12.9. The number of hydrogen-bond acceptors (Lipinski definition) is 5. The highest BCUT2D eigenvalue weighted by Gasteiger charge is 2.43. The van der Waals surface area contributed by atoms with Crippen molar-refractivity contribution < 1.29 is 9.53 Å². The molecule has 1 aliphatic rings. The third-order valence-corrected chi connectivity index (χ3v) is 8.53. The molecule has 0 radical (unpaired) electrons. The Morgan fingerprint density at radius 2 is 1.97 bits per heavy atom. The third kappa shape index (κ3) is 5.42. The number of aromatic nitrogens is 2. The summed E-state index contributed by atoms with van der Waals surface area (Å²) >= 11 is 3.43. The lowest BCUT2D eigenvalue weighted by atomic mass is 9.58. The Kier molecular flexibility index (Phi) is 7.88. The van der Waals surface area contributed by atoms with Gasteiger partial charge in [-0.25, -0.2) is 4.68 Å². The lowest BCUT2D eigenvalue weighted by Crippen LogP contribution is -2.48. The van der Waals surface area contributed by atoms with Crippen molar-refractivity contribution in [1.82, 2.24) is 15.1 Å². The smallest absolute Gasteiger partial charge is 0.283 e. The molecular weight excluding hydrogens is 484 g/mol. The molecule has 8 heteroatoms. The summed E-state index contributed by atoms with van der Waals surface area (Å²) < 4.78 is 6.87. The van der Waals surface area contributed by atoms with Crippen LogP contribution in [0.5, 0.6) is 5.75 Å². The highest BCUT2D eigenvalue weighted by Crippen LogP contribution is 2.48. The van der Waals surface area contributed by atoms with Crippen molar-refractivity contribution in [2.75, 3.05) is 12.4 Å². The molecule has 1 aliphatic carbocycles. The van der Waals surface area contributed by atoms with Crippen LogP contribution >= 0.6 is 15.9 Å². The van der Waals surface area contributed by atoms with Gasteiger partial charge in [-0.05, 0) is 51.6 Å². The molecule has 0 saturated heterocycles. The van der Waals surface area contributed by atoms with Crippen molar-refractivity contribution in [3.05, 3.63) is 50.9 Å². The number of para-hydroxylation sites is 1. The number of rotatable bonds is 7. The molecule has 1 amide bonds. The van der Waals surface area contributed by atoms with Crippen LogP contribution in [0.2, 0.25) is 0 Å². The monoisotopic (exact) mass is 518 g/mol. The molecule has 2 aromatic rings. The Bertz CT molecular complexity index is 1050. The maximum absolute atomic E-state index is 12.9. The van der Waals surface area contributed by atoms with E-state index >= 15 is 0 Å². The van der Waals surface area contributed by atoms with Gasteiger partial charge >= 0.3 is 0 Å². The molecule has 1 saturated carbocycles. The average Bonchev–Trinajstić information content (AvgIpc) is 2.80. The standard InChI is InChI=1S/C25H35BrN4O3/c1-15-11-19(16(2)17(3)25(15,4)5)29-20-13-28-30(24(32)23(20)26)14-22(31)27-12-18-9-7-8-10-21(18)33-6/h7-10,13,15-17,19,29H,11-12,14H2,1-6H3,(H,27,31)/t15-,16+,17+,19+/m0/s1. The minimum absolute atomic E-state index is 0.158. The molecule has 0 bridgehead atoms. The van der Waals surface area contributed by atoms with Crippen LogP contribution < -0.4 is 20.9 Å². The van der Waals surface area contributed by atoms with Crippen LogP contribution in [-0.2, 0) is 17.9 Å². The number of carbonyl (C=O) groups is 1. The van der Waals surface area contributed by atoms with Gasteiger partial charge in [-0.1, -0.05) is 52.8 Å². The fourth-order valence-electron chi connectivity index (χ4n) is 4.68. The van der Waals surface area contributed by atoms with E-state index in [0.29, 0.717) is 40.2 Å². The summed E-state index contributed by atoms with van der Waals surface area (Å²) in [7, 11) is 1.59. The highest BCUT2D eigenvalue weighted by atomic mass is 79.9. The number of nitrogens with one attached hydrogen (secondary N) is 2. The van der Waals surface area contributed by atoms with E-state index in [9.17, 15) is 9.59 Å². The van der Waals surface area contributed by atoms with E-state index in [4.69, 9.17) is 4.74 Å². The summed E-state index contributed by atoms with van der Waals surface area (Å²) in [6, 6.07) is 7.73. The molecule has 1 aromatic carbocycles. The lowest BCUT2D eigenvalue weighted by Gasteiger charge is -2.50. The molecule has 4 atom stereocenters. The summed E-state index contributed by atoms with van der Waals surface area (Å²) in [6.07, 6.45) is 2.65. The number of carbonyl (C=O) groups excluding carboxylic acids is 1. The molecule has 3 rings (SSSR count). The molecule has 0 unspecified atom stereocenters. The fourth-order valence-corrected chi connectivity index (χ4v) is 5.10. The van der Waals surface area contributed by atoms with Gasteiger partial charge in [0.1, 0.15) is 16.8 Å². The van der Waals surface area contributed by atoms with Crippen molar-refractivity contribution in [2.24, 2.45) is 23.2 Å². The predicted octanol–water partition coefficient (Wildman–Crippen LogP) is 4.45. The molecule has 1 aromatic heterocycles. The largest absolute Gasteiger partial charge is 0.496 e. The van der Waals surface area contributed by atoms with Crippen LogP contribution in [0.15, 0.2) is 39.7 Å². The van der Waals surface area contributed by atoms with E-state index in [2.05, 4.69) is 66.3 Å². The summed E-state index contributed by atoms with van der Waals surface area (Å²) in [6.45, 7) is 11.7. The van der Waals surface area contributed by atoms with E-state index in [1.807, 2.05) is 24.3 Å². The van der Waals surface area contributed by atoms with Crippen LogP contribution in [-0.4, -0.2) is 28.8 Å². The number of halogens is 1. The van der Waals surface area contributed by atoms with Crippen LogP contribution in [0, 0.1) is 23.2 Å². The van der Waals surface area contributed by atoms with Crippen LogP contribution in [0.3, 0.4) is 0 Å². The summed E-state index contributed by atoms with van der Waals surface area (Å²) in [5.41, 5.74) is 1.47. The Balaban J connectivity index is 1.66. The predicted molar refractivity (Wildman–Crippen MR) is 134 cm³/mol. The normalized spacial score (nSPS) is 24.2. The van der Waals surface area contributed by atoms with Crippen LogP contribution in [0.1, 0.15) is 46.6 Å². The minimum atomic E-state index is -0.336. The van der Waals surface area contributed by atoms with E-state index in [0.717, 1.165) is 12.0 Å². The van der Waals surface area contributed by atoms with Crippen molar-refractivity contribution in [1.29, 1.82) is 0 Å². The first-order valence-electron chi connectivity index (χ1n) is 11.5. The quantitative estimate of drug-likeness (QED) is 0.565. The molecule has 33 heavy (non-hydrogen) atoms. The summed E-state index contributed by atoms with van der Waals surface area (Å²) in [5.74, 6) is 1.95. The number of hydrogen-bond donors (Lipinski definition) is 2. The lowest BCUT2D eigenvalue weighted by molar-refractivity contribution is -0.122. The average molecular weight is 519 g/mol. The SMILES string of the molecule is COc1ccccc1CNC(=O)Cn1ncc(N[C@@H]2C[C@H](C)C(C)(C)[C@H](C)[C@H]2C)c(Br)c1=O. The second-order valence-electron chi connectivity index (χ2n) is 9.78. The van der Waals surface area contributed by atoms with Gasteiger partial charge in [-0.3, -0.25) is 9.59 Å². The number of amides is 1. The zero-order chi connectivity index (χ0) is 24.3. The van der Waals surface area contributed by atoms with Gasteiger partial charge in [0.25, 0.3) is 5.56 Å². The Labute approximate surface area is 204 Å². The highest BCUT2D eigenvalue weighted by molar-refractivity contribution is 9.10. The molecule has 1 heterocycles. The third-order valence-electron chi connectivity index (χ3n) is 7.76. The van der Waals surface area contributed by atoms with E-state index in [1.165, 1.54) is 4.68 Å². The van der Waals surface area contributed by atoms with Gasteiger partial charge in [0.15, 0.2) is 0 Å². The Hall–Kier alpha value is -2.35. The number of nitrogens with zero attached hydrogens (tertiary/aromatic N) is 2. The molecule has 1 fully saturated rings.